The van der Waals surface area contributed by atoms with E-state index in [1.165, 1.54) is 10.8 Å². The number of benzene rings is 9. The molecule has 12 aromatic rings. The number of hydrogen-bond acceptors (Lipinski definition) is 4. The summed E-state index contributed by atoms with van der Waals surface area (Å²) in [5, 5.41) is 4.69. The number of fused-ring (bicyclic) bond motifs is 6. The molecule has 6 nitrogen and oxygen atoms in total. The van der Waals surface area contributed by atoms with Gasteiger partial charge in [-0.3, -0.25) is 0 Å². The van der Waals surface area contributed by atoms with Crippen molar-refractivity contribution < 1.29 is 0 Å². The summed E-state index contributed by atoms with van der Waals surface area (Å²) in [5.41, 5.74) is 12.5. The van der Waals surface area contributed by atoms with Crippen molar-refractivity contribution in [3.05, 3.63) is 231 Å². The Hall–Kier alpha value is -8.61. The Balaban J connectivity index is 1.13. The van der Waals surface area contributed by atoms with E-state index in [9.17, 15) is 0 Å². The lowest BCUT2D eigenvalue weighted by molar-refractivity contribution is 1.07. The minimum atomic E-state index is 0.590. The van der Waals surface area contributed by atoms with E-state index in [2.05, 4.69) is 184 Å². The van der Waals surface area contributed by atoms with Gasteiger partial charge in [-0.1, -0.05) is 146 Å². The zero-order valence-electron chi connectivity index (χ0n) is 34.1. The van der Waals surface area contributed by atoms with Gasteiger partial charge >= 0.3 is 0 Å². The van der Waals surface area contributed by atoms with Crippen molar-refractivity contribution in [3.63, 3.8) is 0 Å². The number of hydrogen-bond donors (Lipinski definition) is 0. The van der Waals surface area contributed by atoms with Crippen molar-refractivity contribution in [2.24, 2.45) is 0 Å². The number of aromatic nitrogens is 5. The minimum Gasteiger partial charge on any atom is -0.310 e. The third-order valence-electron chi connectivity index (χ3n) is 11.9. The quantitative estimate of drug-likeness (QED) is 0.153. The van der Waals surface area contributed by atoms with Crippen LogP contribution in [0.3, 0.4) is 0 Å². The molecule has 0 aliphatic carbocycles. The highest BCUT2D eigenvalue weighted by Gasteiger charge is 2.23. The highest BCUT2D eigenvalue weighted by molar-refractivity contribution is 6.12. The van der Waals surface area contributed by atoms with Crippen LogP contribution in [0.15, 0.2) is 231 Å². The van der Waals surface area contributed by atoms with Crippen LogP contribution in [-0.2, 0) is 0 Å². The Morgan fingerprint density at radius 1 is 0.302 bits per heavy atom. The Bertz CT molecular complexity index is 3400. The van der Waals surface area contributed by atoms with E-state index < -0.39 is 0 Å². The fourth-order valence-electron chi connectivity index (χ4n) is 9.12. The van der Waals surface area contributed by atoms with Gasteiger partial charge in [0.2, 0.25) is 0 Å². The number of nitrogens with zero attached hydrogens (tertiary/aromatic N) is 6. The van der Waals surface area contributed by atoms with Crippen LogP contribution in [0, 0.1) is 0 Å². The molecule has 63 heavy (non-hydrogen) atoms. The summed E-state index contributed by atoms with van der Waals surface area (Å²) in [6.07, 6.45) is 0. The van der Waals surface area contributed by atoms with Gasteiger partial charge in [-0.2, -0.15) is 0 Å². The molecule has 0 aliphatic rings. The van der Waals surface area contributed by atoms with Gasteiger partial charge in [0.25, 0.3) is 0 Å². The molecule has 12 rings (SSSR count). The standard InChI is InChI=1S/C57H38N6/c1-5-19-39(20-6-1)55-58-56(40-21-7-2-8-22-40)60-57(59-55)47-29-15-18-32-52(47)61(43-33-35-53-48(37-43)45-27-13-16-30-50(45)62(53)41-23-9-3-10-24-41)44-34-36-54-49(38-44)46-28-14-17-31-51(46)63(54)42-25-11-4-12-26-42/h1-38H. The van der Waals surface area contributed by atoms with E-state index in [1.54, 1.807) is 0 Å². The van der Waals surface area contributed by atoms with Crippen molar-refractivity contribution in [3.8, 4) is 45.5 Å². The van der Waals surface area contributed by atoms with E-state index in [0.29, 0.717) is 17.5 Å². The molecule has 0 radical (unpaired) electrons. The summed E-state index contributed by atoms with van der Waals surface area (Å²) in [6, 6.07) is 81.0. The largest absolute Gasteiger partial charge is 0.310 e. The van der Waals surface area contributed by atoms with Crippen LogP contribution in [-0.4, -0.2) is 24.1 Å². The van der Waals surface area contributed by atoms with E-state index in [1.807, 2.05) is 60.7 Å². The predicted molar refractivity (Wildman–Crippen MR) is 259 cm³/mol. The second kappa shape index (κ2) is 15.1. The second-order valence-corrected chi connectivity index (χ2v) is 15.7. The van der Waals surface area contributed by atoms with Gasteiger partial charge in [0.15, 0.2) is 17.5 Å². The van der Waals surface area contributed by atoms with Gasteiger partial charge in [0.1, 0.15) is 0 Å². The lowest BCUT2D eigenvalue weighted by Gasteiger charge is -2.28. The maximum Gasteiger partial charge on any atom is 0.166 e. The molecule has 6 heteroatoms. The van der Waals surface area contributed by atoms with Crippen molar-refractivity contribution in [2.75, 3.05) is 4.90 Å². The third-order valence-corrected chi connectivity index (χ3v) is 11.9. The van der Waals surface area contributed by atoms with Crippen LogP contribution in [0.1, 0.15) is 0 Å². The topological polar surface area (TPSA) is 51.8 Å². The molecule has 0 aliphatic heterocycles. The summed E-state index contributed by atoms with van der Waals surface area (Å²) in [5.74, 6) is 1.82. The maximum absolute atomic E-state index is 5.23. The Labute approximate surface area is 364 Å². The molecule has 0 saturated heterocycles. The molecular weight excluding hydrogens is 769 g/mol. The molecular formula is C57H38N6. The normalized spacial score (nSPS) is 11.5. The lowest BCUT2D eigenvalue weighted by Crippen LogP contribution is -2.12. The summed E-state index contributed by atoms with van der Waals surface area (Å²) >= 11 is 0. The molecule has 0 spiro atoms. The van der Waals surface area contributed by atoms with Crippen molar-refractivity contribution in [1.29, 1.82) is 0 Å². The van der Waals surface area contributed by atoms with Crippen molar-refractivity contribution in [1.82, 2.24) is 24.1 Å². The maximum atomic E-state index is 5.23. The SMILES string of the molecule is c1ccc(-c2nc(-c3ccccc3)nc(-c3ccccc3N(c3ccc4c(c3)c3ccccc3n4-c3ccccc3)c3ccc4c(c3)c3ccccc3n4-c3ccccc3)n2)cc1. The monoisotopic (exact) mass is 806 g/mol. The summed E-state index contributed by atoms with van der Waals surface area (Å²) in [7, 11) is 0. The van der Waals surface area contributed by atoms with Gasteiger partial charge in [-0.25, -0.2) is 15.0 Å². The van der Waals surface area contributed by atoms with Crippen LogP contribution < -0.4 is 4.90 Å². The molecule has 0 bridgehead atoms. The van der Waals surface area contributed by atoms with Crippen LogP contribution in [0.25, 0.3) is 89.2 Å². The van der Waals surface area contributed by atoms with E-state index in [4.69, 9.17) is 15.0 Å². The van der Waals surface area contributed by atoms with Gasteiger partial charge in [-0.05, 0) is 84.9 Å². The minimum absolute atomic E-state index is 0.590. The molecule has 296 valence electrons. The fourth-order valence-corrected chi connectivity index (χ4v) is 9.12. The first kappa shape index (κ1) is 36.3. The molecule has 0 N–H and O–H groups in total. The second-order valence-electron chi connectivity index (χ2n) is 15.7. The molecule has 0 unspecified atom stereocenters. The van der Waals surface area contributed by atoms with Crippen LogP contribution in [0.2, 0.25) is 0 Å². The molecule has 3 aromatic heterocycles. The highest BCUT2D eigenvalue weighted by Crippen LogP contribution is 2.45. The van der Waals surface area contributed by atoms with Crippen molar-refractivity contribution in [2.45, 2.75) is 0 Å². The van der Waals surface area contributed by atoms with Crippen LogP contribution in [0.4, 0.5) is 17.1 Å². The Kier molecular flexibility index (Phi) is 8.71. The highest BCUT2D eigenvalue weighted by atomic mass is 15.2. The van der Waals surface area contributed by atoms with E-state index in [0.717, 1.165) is 78.0 Å². The number of anilines is 3. The van der Waals surface area contributed by atoms with E-state index >= 15 is 0 Å². The van der Waals surface area contributed by atoms with Gasteiger partial charge in [0, 0.05) is 61.0 Å². The molecule has 0 atom stereocenters. The molecule has 3 heterocycles. The van der Waals surface area contributed by atoms with Gasteiger partial charge in [-0.15, -0.1) is 0 Å². The smallest absolute Gasteiger partial charge is 0.166 e. The average Bonchev–Trinajstić information content (AvgIpc) is 3.87. The first-order valence-electron chi connectivity index (χ1n) is 21.2. The Morgan fingerprint density at radius 3 is 1.17 bits per heavy atom. The number of para-hydroxylation sites is 5. The Morgan fingerprint density at radius 2 is 0.683 bits per heavy atom. The van der Waals surface area contributed by atoms with Crippen LogP contribution in [0.5, 0.6) is 0 Å². The zero-order chi connectivity index (χ0) is 41.7. The van der Waals surface area contributed by atoms with E-state index in [-0.39, 0.29) is 0 Å². The van der Waals surface area contributed by atoms with Gasteiger partial charge < -0.3 is 14.0 Å². The average molecular weight is 807 g/mol. The first-order chi connectivity index (χ1) is 31.3. The molecule has 0 amide bonds. The zero-order valence-corrected chi connectivity index (χ0v) is 34.1. The molecule has 0 fully saturated rings. The molecule has 0 saturated carbocycles. The first-order valence-corrected chi connectivity index (χ1v) is 21.2. The van der Waals surface area contributed by atoms with Gasteiger partial charge in [0.05, 0.1) is 27.8 Å². The third kappa shape index (κ3) is 6.23. The summed E-state index contributed by atoms with van der Waals surface area (Å²) in [6.45, 7) is 0. The summed E-state index contributed by atoms with van der Waals surface area (Å²) in [4.78, 5) is 17.9. The van der Waals surface area contributed by atoms with Crippen LogP contribution >= 0.6 is 0 Å². The van der Waals surface area contributed by atoms with Crippen molar-refractivity contribution >= 4 is 60.7 Å². The molecule has 9 aromatic carbocycles. The lowest BCUT2D eigenvalue weighted by atomic mass is 10.1. The summed E-state index contributed by atoms with van der Waals surface area (Å²) < 4.78 is 4.72. The predicted octanol–water partition coefficient (Wildman–Crippen LogP) is 14.5. The number of rotatable bonds is 8. The fraction of sp³-hybridized carbons (Fsp3) is 0.